The summed E-state index contributed by atoms with van der Waals surface area (Å²) in [6.07, 6.45) is 0. The number of ether oxygens (including phenoxy) is 1. The van der Waals surface area contributed by atoms with Gasteiger partial charge in [0.2, 0.25) is 0 Å². The molecule has 16 heavy (non-hydrogen) atoms. The molecule has 7 heteroatoms. The van der Waals surface area contributed by atoms with Gasteiger partial charge in [-0.15, -0.1) is 11.3 Å². The number of hydrogen-bond donors (Lipinski definition) is 2. The maximum absolute atomic E-state index is 11.6. The summed E-state index contributed by atoms with van der Waals surface area (Å²) in [7, 11) is 0. The van der Waals surface area contributed by atoms with Gasteiger partial charge in [0.1, 0.15) is 4.34 Å². The number of aliphatic hydroxyl groups is 1. The van der Waals surface area contributed by atoms with Gasteiger partial charge in [0.15, 0.2) is 0 Å². The first-order valence-electron chi connectivity index (χ1n) is 4.56. The lowest BCUT2D eigenvalue weighted by Gasteiger charge is -2.04. The van der Waals surface area contributed by atoms with Crippen molar-refractivity contribution < 1.29 is 14.6 Å². The molecule has 0 unspecified atom stereocenters. The third-order valence-corrected chi connectivity index (χ3v) is 3.16. The zero-order valence-corrected chi connectivity index (χ0v) is 10.7. The second-order valence-corrected chi connectivity index (χ2v) is 5.12. The van der Waals surface area contributed by atoms with Gasteiger partial charge < -0.3 is 15.2 Å². The zero-order chi connectivity index (χ0) is 12.0. The molecule has 1 amide bonds. The summed E-state index contributed by atoms with van der Waals surface area (Å²) < 4.78 is 5.84. The summed E-state index contributed by atoms with van der Waals surface area (Å²) in [6, 6.07) is 1.53. The highest BCUT2D eigenvalue weighted by molar-refractivity contribution is 7.20. The van der Waals surface area contributed by atoms with Crippen molar-refractivity contribution in [3.63, 3.8) is 0 Å². The molecule has 0 atom stereocenters. The molecule has 0 radical (unpaired) electrons. The molecule has 1 aromatic rings. The quantitative estimate of drug-likeness (QED) is 0.783. The molecular weight excluding hydrogens is 273 g/mol. The van der Waals surface area contributed by atoms with Gasteiger partial charge in [-0.3, -0.25) is 4.79 Å². The van der Waals surface area contributed by atoms with E-state index in [-0.39, 0.29) is 19.1 Å². The highest BCUT2D eigenvalue weighted by Gasteiger charge is 2.13. The van der Waals surface area contributed by atoms with Gasteiger partial charge in [0.05, 0.1) is 29.7 Å². The SMILES string of the molecule is O=C(NCCOCCO)c1cc(Cl)sc1Cl. The van der Waals surface area contributed by atoms with E-state index in [2.05, 4.69) is 5.32 Å². The van der Waals surface area contributed by atoms with Crippen molar-refractivity contribution >= 4 is 40.4 Å². The first-order valence-corrected chi connectivity index (χ1v) is 6.14. The number of halogens is 2. The van der Waals surface area contributed by atoms with E-state index < -0.39 is 0 Å². The van der Waals surface area contributed by atoms with Crippen molar-refractivity contribution in [1.82, 2.24) is 5.32 Å². The number of amides is 1. The molecule has 0 fully saturated rings. The first-order chi connectivity index (χ1) is 7.65. The van der Waals surface area contributed by atoms with Crippen LogP contribution in [-0.2, 0) is 4.74 Å². The van der Waals surface area contributed by atoms with Gasteiger partial charge >= 0.3 is 0 Å². The van der Waals surface area contributed by atoms with Crippen LogP contribution >= 0.6 is 34.5 Å². The molecule has 1 heterocycles. The predicted octanol–water partition coefficient (Wildman–Crippen LogP) is 1.79. The molecule has 0 saturated heterocycles. The van der Waals surface area contributed by atoms with Gasteiger partial charge in [0.25, 0.3) is 5.91 Å². The monoisotopic (exact) mass is 283 g/mol. The molecule has 90 valence electrons. The Labute approximate surface area is 107 Å². The molecule has 0 aliphatic rings. The molecule has 0 bridgehead atoms. The second-order valence-electron chi connectivity index (χ2n) is 2.83. The number of rotatable bonds is 6. The van der Waals surface area contributed by atoms with Gasteiger partial charge in [-0.05, 0) is 6.07 Å². The average Bonchev–Trinajstić information content (AvgIpc) is 2.57. The second kappa shape index (κ2) is 7.09. The lowest BCUT2D eigenvalue weighted by Crippen LogP contribution is -2.27. The minimum Gasteiger partial charge on any atom is -0.394 e. The molecule has 4 nitrogen and oxygen atoms in total. The van der Waals surface area contributed by atoms with Crippen LogP contribution in [0.1, 0.15) is 10.4 Å². The minimum atomic E-state index is -0.277. The molecular formula is C9H11Cl2NO3S. The Kier molecular flexibility index (Phi) is 6.08. The number of hydrogen-bond acceptors (Lipinski definition) is 4. The molecule has 0 saturated carbocycles. The van der Waals surface area contributed by atoms with Crippen LogP contribution < -0.4 is 5.32 Å². The van der Waals surface area contributed by atoms with Crippen LogP contribution in [0.4, 0.5) is 0 Å². The van der Waals surface area contributed by atoms with E-state index in [0.717, 1.165) is 11.3 Å². The van der Waals surface area contributed by atoms with E-state index in [9.17, 15) is 4.79 Å². The van der Waals surface area contributed by atoms with Crippen molar-refractivity contribution in [1.29, 1.82) is 0 Å². The first kappa shape index (κ1) is 13.7. The average molecular weight is 284 g/mol. The highest BCUT2D eigenvalue weighted by atomic mass is 35.5. The Morgan fingerprint density at radius 1 is 1.50 bits per heavy atom. The van der Waals surface area contributed by atoms with E-state index in [1.165, 1.54) is 6.07 Å². The number of aliphatic hydroxyl groups excluding tert-OH is 1. The minimum absolute atomic E-state index is 0.0279. The normalized spacial score (nSPS) is 10.4. The summed E-state index contributed by atoms with van der Waals surface area (Å²) in [5, 5.41) is 11.1. The van der Waals surface area contributed by atoms with Crippen molar-refractivity contribution in [3.8, 4) is 0 Å². The highest BCUT2D eigenvalue weighted by Crippen LogP contribution is 2.30. The molecule has 1 aromatic heterocycles. The van der Waals surface area contributed by atoms with E-state index in [1.54, 1.807) is 0 Å². The number of carbonyl (C=O) groups is 1. The van der Waals surface area contributed by atoms with Gasteiger partial charge in [0, 0.05) is 6.54 Å². The van der Waals surface area contributed by atoms with Crippen molar-refractivity contribution in [3.05, 3.63) is 20.3 Å². The van der Waals surface area contributed by atoms with Crippen LogP contribution in [0.3, 0.4) is 0 Å². The van der Waals surface area contributed by atoms with Crippen LogP contribution in [0.15, 0.2) is 6.07 Å². The molecule has 0 aromatic carbocycles. The van der Waals surface area contributed by atoms with Gasteiger partial charge in [-0.1, -0.05) is 23.2 Å². The topological polar surface area (TPSA) is 58.6 Å². The number of thiophene rings is 1. The fourth-order valence-electron chi connectivity index (χ4n) is 0.994. The Hall–Kier alpha value is -0.330. The van der Waals surface area contributed by atoms with Crippen LogP contribution in [0.2, 0.25) is 8.67 Å². The largest absolute Gasteiger partial charge is 0.394 e. The molecule has 2 N–H and O–H groups in total. The van der Waals surface area contributed by atoms with E-state index in [0.29, 0.717) is 27.4 Å². The molecule has 0 spiro atoms. The summed E-state index contributed by atoms with van der Waals surface area (Å²) >= 11 is 12.7. The Morgan fingerprint density at radius 3 is 2.81 bits per heavy atom. The standard InChI is InChI=1S/C9H11Cl2NO3S/c10-7-5-6(8(11)16-7)9(14)12-1-3-15-4-2-13/h5,13H,1-4H2,(H,12,14). The Bertz CT molecular complexity index is 357. The van der Waals surface area contributed by atoms with Crippen molar-refractivity contribution in [2.24, 2.45) is 0 Å². The van der Waals surface area contributed by atoms with Crippen LogP contribution in [0.25, 0.3) is 0 Å². The maximum Gasteiger partial charge on any atom is 0.253 e. The van der Waals surface area contributed by atoms with Gasteiger partial charge in [-0.25, -0.2) is 0 Å². The smallest absolute Gasteiger partial charge is 0.253 e. The molecule has 1 rings (SSSR count). The summed E-state index contributed by atoms with van der Waals surface area (Å²) in [4.78, 5) is 11.6. The number of nitrogens with one attached hydrogen (secondary N) is 1. The maximum atomic E-state index is 11.6. The van der Waals surface area contributed by atoms with Crippen molar-refractivity contribution in [2.75, 3.05) is 26.4 Å². The Balaban J connectivity index is 2.33. The zero-order valence-electron chi connectivity index (χ0n) is 8.33. The summed E-state index contributed by atoms with van der Waals surface area (Å²) in [5.41, 5.74) is 0.374. The van der Waals surface area contributed by atoms with E-state index in [1.807, 2.05) is 0 Å². The van der Waals surface area contributed by atoms with E-state index >= 15 is 0 Å². The fourth-order valence-corrected chi connectivity index (χ4v) is 2.45. The Morgan fingerprint density at radius 2 is 2.25 bits per heavy atom. The fraction of sp³-hybridized carbons (Fsp3) is 0.444. The summed E-state index contributed by atoms with van der Waals surface area (Å²) in [6.45, 7) is 0.950. The van der Waals surface area contributed by atoms with Crippen LogP contribution in [0.5, 0.6) is 0 Å². The lowest BCUT2D eigenvalue weighted by atomic mass is 10.3. The third-order valence-electron chi connectivity index (χ3n) is 1.67. The van der Waals surface area contributed by atoms with Gasteiger partial charge in [-0.2, -0.15) is 0 Å². The van der Waals surface area contributed by atoms with Crippen molar-refractivity contribution in [2.45, 2.75) is 0 Å². The van der Waals surface area contributed by atoms with E-state index in [4.69, 9.17) is 33.0 Å². The predicted molar refractivity (Wildman–Crippen MR) is 64.6 cm³/mol. The molecule has 0 aliphatic carbocycles. The number of carbonyl (C=O) groups excluding carboxylic acids is 1. The third kappa shape index (κ3) is 4.27. The summed E-state index contributed by atoms with van der Waals surface area (Å²) in [5.74, 6) is -0.277. The lowest BCUT2D eigenvalue weighted by molar-refractivity contribution is 0.0838. The molecule has 0 aliphatic heterocycles. The van der Waals surface area contributed by atoms with Crippen LogP contribution in [0, 0.1) is 0 Å². The van der Waals surface area contributed by atoms with Crippen LogP contribution in [-0.4, -0.2) is 37.4 Å².